The Balaban J connectivity index is 2.23. The maximum Gasteiger partial charge on any atom is 0.0623 e. The third kappa shape index (κ3) is 1.48. The van der Waals surface area contributed by atoms with Crippen molar-refractivity contribution in [1.82, 2.24) is 9.78 Å². The van der Waals surface area contributed by atoms with Crippen molar-refractivity contribution in [2.24, 2.45) is 0 Å². The van der Waals surface area contributed by atoms with E-state index in [1.54, 1.807) is 0 Å². The molecule has 1 aromatic rings. The molecule has 1 fully saturated rings. The molecular weight excluding hydrogens is 164 g/mol. The van der Waals surface area contributed by atoms with E-state index in [1.807, 2.05) is 16.9 Å². The van der Waals surface area contributed by atoms with Gasteiger partial charge in [-0.2, -0.15) is 5.10 Å². The zero-order valence-corrected chi connectivity index (χ0v) is 7.98. The molecule has 13 heavy (non-hydrogen) atoms. The smallest absolute Gasteiger partial charge is 0.0623 e. The summed E-state index contributed by atoms with van der Waals surface area (Å²) in [6.45, 7) is 2.98. The first kappa shape index (κ1) is 8.75. The van der Waals surface area contributed by atoms with E-state index in [4.69, 9.17) is 0 Å². The van der Waals surface area contributed by atoms with Crippen LogP contribution in [0.4, 0.5) is 0 Å². The van der Waals surface area contributed by atoms with Crippen LogP contribution < -0.4 is 0 Å². The molecule has 2 unspecified atom stereocenters. The van der Waals surface area contributed by atoms with Crippen molar-refractivity contribution in [2.45, 2.75) is 44.8 Å². The first-order valence-electron chi connectivity index (χ1n) is 5.02. The topological polar surface area (TPSA) is 38.0 Å². The fourth-order valence-corrected chi connectivity index (χ4v) is 2.21. The van der Waals surface area contributed by atoms with Crippen LogP contribution in [0, 0.1) is 0 Å². The molecule has 3 nitrogen and oxygen atoms in total. The van der Waals surface area contributed by atoms with Crippen LogP contribution in [0.15, 0.2) is 12.3 Å². The van der Waals surface area contributed by atoms with Crippen molar-refractivity contribution in [1.29, 1.82) is 0 Å². The zero-order chi connectivity index (χ0) is 9.26. The predicted molar refractivity (Wildman–Crippen MR) is 50.5 cm³/mol. The Hall–Kier alpha value is -0.830. The first-order valence-corrected chi connectivity index (χ1v) is 5.02. The average Bonchev–Trinajstić information content (AvgIpc) is 2.71. The standard InChI is InChI=1S/C10H16N2O/c1-2-12-9(6-7-11-12)8-4-3-5-10(8)13/h6-8,10,13H,2-5H2,1H3. The van der Waals surface area contributed by atoms with Gasteiger partial charge in [0.1, 0.15) is 0 Å². The highest BCUT2D eigenvalue weighted by molar-refractivity contribution is 5.11. The molecule has 0 aliphatic heterocycles. The highest BCUT2D eigenvalue weighted by atomic mass is 16.3. The summed E-state index contributed by atoms with van der Waals surface area (Å²) in [5, 5.41) is 14.0. The first-order chi connectivity index (χ1) is 6.33. The molecule has 2 atom stereocenters. The summed E-state index contributed by atoms with van der Waals surface area (Å²) in [5.41, 5.74) is 1.20. The Morgan fingerprint density at radius 3 is 3.08 bits per heavy atom. The van der Waals surface area contributed by atoms with E-state index in [0.29, 0.717) is 5.92 Å². The molecule has 1 aromatic heterocycles. The van der Waals surface area contributed by atoms with E-state index in [1.165, 1.54) is 5.69 Å². The summed E-state index contributed by atoms with van der Waals surface area (Å²) < 4.78 is 1.99. The molecule has 72 valence electrons. The normalized spacial score (nSPS) is 28.2. The summed E-state index contributed by atoms with van der Waals surface area (Å²) in [6, 6.07) is 2.03. The van der Waals surface area contributed by atoms with Gasteiger partial charge < -0.3 is 5.11 Å². The third-order valence-electron chi connectivity index (χ3n) is 2.91. The Bertz CT molecular complexity index is 282. The van der Waals surface area contributed by atoms with Crippen LogP contribution in [0.1, 0.15) is 37.8 Å². The lowest BCUT2D eigenvalue weighted by Crippen LogP contribution is -2.15. The molecule has 1 N–H and O–H groups in total. The van der Waals surface area contributed by atoms with Crippen LogP contribution in [-0.4, -0.2) is 21.0 Å². The van der Waals surface area contributed by atoms with Gasteiger partial charge in [-0.15, -0.1) is 0 Å². The molecule has 0 aromatic carbocycles. The molecule has 1 heterocycles. The second kappa shape index (κ2) is 3.50. The Kier molecular flexibility index (Phi) is 2.36. The SMILES string of the molecule is CCn1nccc1C1CCCC1O. The van der Waals surface area contributed by atoms with Crippen molar-refractivity contribution >= 4 is 0 Å². The lowest BCUT2D eigenvalue weighted by atomic mass is 10.0. The van der Waals surface area contributed by atoms with Crippen LogP contribution in [0.3, 0.4) is 0 Å². The summed E-state index contributed by atoms with van der Waals surface area (Å²) in [6.07, 6.45) is 4.86. The molecule has 0 saturated heterocycles. The average molecular weight is 180 g/mol. The Labute approximate surface area is 78.4 Å². The number of hydrogen-bond acceptors (Lipinski definition) is 2. The summed E-state index contributed by atoms with van der Waals surface area (Å²) in [4.78, 5) is 0. The number of aryl methyl sites for hydroxylation is 1. The van der Waals surface area contributed by atoms with Gasteiger partial charge >= 0.3 is 0 Å². The largest absolute Gasteiger partial charge is 0.392 e. The molecule has 1 aliphatic rings. The summed E-state index contributed by atoms with van der Waals surface area (Å²) in [7, 11) is 0. The van der Waals surface area contributed by atoms with Gasteiger partial charge in [-0.3, -0.25) is 4.68 Å². The Morgan fingerprint density at radius 1 is 1.62 bits per heavy atom. The van der Waals surface area contributed by atoms with Gasteiger partial charge in [-0.05, 0) is 25.8 Å². The number of hydrogen-bond donors (Lipinski definition) is 1. The van der Waals surface area contributed by atoms with E-state index in [-0.39, 0.29) is 6.10 Å². The van der Waals surface area contributed by atoms with E-state index in [9.17, 15) is 5.11 Å². The fraction of sp³-hybridized carbons (Fsp3) is 0.700. The summed E-state index contributed by atoms with van der Waals surface area (Å²) in [5.74, 6) is 0.322. The maximum atomic E-state index is 9.74. The highest BCUT2D eigenvalue weighted by Gasteiger charge is 2.28. The minimum Gasteiger partial charge on any atom is -0.392 e. The van der Waals surface area contributed by atoms with Crippen LogP contribution in [0.2, 0.25) is 0 Å². The van der Waals surface area contributed by atoms with Crippen LogP contribution in [-0.2, 0) is 6.54 Å². The van der Waals surface area contributed by atoms with Gasteiger partial charge in [0.25, 0.3) is 0 Å². The van der Waals surface area contributed by atoms with Crippen molar-refractivity contribution in [3.8, 4) is 0 Å². The molecule has 0 amide bonds. The molecule has 2 rings (SSSR count). The van der Waals surface area contributed by atoms with Gasteiger partial charge in [0, 0.05) is 24.4 Å². The molecule has 3 heteroatoms. The van der Waals surface area contributed by atoms with Gasteiger partial charge in [0.15, 0.2) is 0 Å². The predicted octanol–water partition coefficient (Wildman–Crippen LogP) is 1.53. The number of aromatic nitrogens is 2. The second-order valence-electron chi connectivity index (χ2n) is 3.68. The number of aliphatic hydroxyl groups is 1. The minimum absolute atomic E-state index is 0.151. The molecule has 1 saturated carbocycles. The van der Waals surface area contributed by atoms with E-state index in [2.05, 4.69) is 12.0 Å². The number of nitrogens with zero attached hydrogens (tertiary/aromatic N) is 2. The van der Waals surface area contributed by atoms with Crippen molar-refractivity contribution < 1.29 is 5.11 Å². The second-order valence-corrected chi connectivity index (χ2v) is 3.68. The number of aliphatic hydroxyl groups excluding tert-OH is 1. The lowest BCUT2D eigenvalue weighted by molar-refractivity contribution is 0.160. The van der Waals surface area contributed by atoms with Crippen LogP contribution >= 0.6 is 0 Å². The van der Waals surface area contributed by atoms with E-state index in [0.717, 1.165) is 25.8 Å². The molecule has 1 aliphatic carbocycles. The van der Waals surface area contributed by atoms with Gasteiger partial charge in [-0.25, -0.2) is 0 Å². The molecule has 0 bridgehead atoms. The van der Waals surface area contributed by atoms with Gasteiger partial charge in [-0.1, -0.05) is 6.42 Å². The highest BCUT2D eigenvalue weighted by Crippen LogP contribution is 2.34. The fourth-order valence-electron chi connectivity index (χ4n) is 2.21. The third-order valence-corrected chi connectivity index (χ3v) is 2.91. The van der Waals surface area contributed by atoms with E-state index < -0.39 is 0 Å². The molecule has 0 radical (unpaired) electrons. The summed E-state index contributed by atoms with van der Waals surface area (Å²) >= 11 is 0. The maximum absolute atomic E-state index is 9.74. The Morgan fingerprint density at radius 2 is 2.46 bits per heavy atom. The van der Waals surface area contributed by atoms with Gasteiger partial charge in [0.05, 0.1) is 6.10 Å². The number of rotatable bonds is 2. The minimum atomic E-state index is -0.151. The molecular formula is C10H16N2O. The molecule has 0 spiro atoms. The van der Waals surface area contributed by atoms with Crippen molar-refractivity contribution in [3.63, 3.8) is 0 Å². The van der Waals surface area contributed by atoms with E-state index >= 15 is 0 Å². The van der Waals surface area contributed by atoms with Crippen LogP contribution in [0.25, 0.3) is 0 Å². The zero-order valence-electron chi connectivity index (χ0n) is 7.98. The lowest BCUT2D eigenvalue weighted by Gasteiger charge is -2.15. The van der Waals surface area contributed by atoms with Crippen LogP contribution in [0.5, 0.6) is 0 Å². The monoisotopic (exact) mass is 180 g/mol. The van der Waals surface area contributed by atoms with Gasteiger partial charge in [0.2, 0.25) is 0 Å². The van der Waals surface area contributed by atoms with Crippen molar-refractivity contribution in [2.75, 3.05) is 0 Å². The quantitative estimate of drug-likeness (QED) is 0.749. The van der Waals surface area contributed by atoms with Crippen molar-refractivity contribution in [3.05, 3.63) is 18.0 Å².